The first-order valence-corrected chi connectivity index (χ1v) is 8.68. The lowest BCUT2D eigenvalue weighted by molar-refractivity contribution is 0.375. The molecule has 0 fully saturated rings. The van der Waals surface area contributed by atoms with Crippen molar-refractivity contribution in [3.05, 3.63) is 71.5 Å². The summed E-state index contributed by atoms with van der Waals surface area (Å²) < 4.78 is 39.0. The van der Waals surface area contributed by atoms with Crippen molar-refractivity contribution >= 4 is 15.7 Å². The highest BCUT2D eigenvalue weighted by molar-refractivity contribution is 7.88. The van der Waals surface area contributed by atoms with E-state index in [4.69, 9.17) is 0 Å². The Hall–Kier alpha value is -2.21. The van der Waals surface area contributed by atoms with Crippen LogP contribution in [0.4, 0.5) is 4.39 Å². The molecule has 0 unspecified atom stereocenters. The van der Waals surface area contributed by atoms with Gasteiger partial charge >= 0.3 is 0 Å². The van der Waals surface area contributed by atoms with Crippen LogP contribution in [-0.4, -0.2) is 24.8 Å². The van der Waals surface area contributed by atoms with E-state index in [1.165, 1.54) is 6.07 Å². The van der Waals surface area contributed by atoms with E-state index in [0.717, 1.165) is 16.2 Å². The minimum absolute atomic E-state index is 0.342. The molecule has 1 heterocycles. The first-order valence-electron chi connectivity index (χ1n) is 6.83. The van der Waals surface area contributed by atoms with Crippen LogP contribution < -0.4 is 0 Å². The maximum Gasteiger partial charge on any atom is 0.247 e. The first-order chi connectivity index (χ1) is 10.5. The van der Waals surface area contributed by atoms with Gasteiger partial charge < -0.3 is 0 Å². The van der Waals surface area contributed by atoms with E-state index in [0.29, 0.717) is 17.7 Å². The van der Waals surface area contributed by atoms with Gasteiger partial charge in [-0.25, -0.2) is 12.8 Å². The highest BCUT2D eigenvalue weighted by Crippen LogP contribution is 2.34. The van der Waals surface area contributed by atoms with Gasteiger partial charge in [0.25, 0.3) is 0 Å². The first kappa shape index (κ1) is 14.7. The Kier molecular flexibility index (Phi) is 3.70. The molecule has 22 heavy (non-hydrogen) atoms. The number of halogens is 1. The van der Waals surface area contributed by atoms with Gasteiger partial charge in [-0.1, -0.05) is 48.5 Å². The summed E-state index contributed by atoms with van der Waals surface area (Å²) in [5, 5.41) is 4.17. The molecule has 4 nitrogen and oxygen atoms in total. The molecule has 1 aliphatic heterocycles. The topological polar surface area (TPSA) is 49.7 Å². The minimum atomic E-state index is -3.53. The zero-order chi connectivity index (χ0) is 15.7. The normalized spacial score (nSPS) is 18.4. The quantitative estimate of drug-likeness (QED) is 0.873. The zero-order valence-corrected chi connectivity index (χ0v) is 12.8. The smallest absolute Gasteiger partial charge is 0.206 e. The van der Waals surface area contributed by atoms with Crippen LogP contribution in [0.5, 0.6) is 0 Å². The average Bonchev–Trinajstić information content (AvgIpc) is 2.94. The van der Waals surface area contributed by atoms with Crippen molar-refractivity contribution in [1.82, 2.24) is 4.41 Å². The van der Waals surface area contributed by atoms with Crippen molar-refractivity contribution in [1.29, 1.82) is 0 Å². The largest absolute Gasteiger partial charge is 0.247 e. The summed E-state index contributed by atoms with van der Waals surface area (Å²) in [6.07, 6.45) is 1.45. The minimum Gasteiger partial charge on any atom is -0.206 e. The maximum atomic E-state index is 13.9. The van der Waals surface area contributed by atoms with Crippen LogP contribution in [0.15, 0.2) is 59.7 Å². The van der Waals surface area contributed by atoms with Crippen molar-refractivity contribution < 1.29 is 12.8 Å². The van der Waals surface area contributed by atoms with Gasteiger partial charge in [0.1, 0.15) is 5.82 Å². The molecule has 2 aromatic carbocycles. The Morgan fingerprint density at radius 2 is 1.73 bits per heavy atom. The molecular weight excluding hydrogens is 303 g/mol. The molecule has 0 bridgehead atoms. The summed E-state index contributed by atoms with van der Waals surface area (Å²) in [6, 6.07) is 15.1. The van der Waals surface area contributed by atoms with Crippen molar-refractivity contribution in [2.45, 2.75) is 12.5 Å². The maximum absolute atomic E-state index is 13.9. The van der Waals surface area contributed by atoms with Gasteiger partial charge in [0.15, 0.2) is 0 Å². The van der Waals surface area contributed by atoms with Gasteiger partial charge in [0.2, 0.25) is 10.0 Å². The monoisotopic (exact) mass is 318 g/mol. The van der Waals surface area contributed by atoms with Gasteiger partial charge in [0, 0.05) is 12.0 Å². The van der Waals surface area contributed by atoms with E-state index in [1.807, 2.05) is 30.3 Å². The molecule has 0 saturated heterocycles. The summed E-state index contributed by atoms with van der Waals surface area (Å²) in [5.41, 5.74) is 1.62. The van der Waals surface area contributed by atoms with Crippen LogP contribution in [0.25, 0.3) is 0 Å². The number of sulfonamides is 1. The second kappa shape index (κ2) is 5.53. The second-order valence-electron chi connectivity index (χ2n) is 5.19. The van der Waals surface area contributed by atoms with Gasteiger partial charge in [-0.15, -0.1) is 0 Å². The summed E-state index contributed by atoms with van der Waals surface area (Å²) in [7, 11) is -3.53. The fraction of sp³-hybridized carbons (Fsp3) is 0.188. The second-order valence-corrected chi connectivity index (χ2v) is 7.03. The van der Waals surface area contributed by atoms with E-state index < -0.39 is 21.9 Å². The number of hydrazone groups is 1. The summed E-state index contributed by atoms with van der Waals surface area (Å²) in [4.78, 5) is 0. The Morgan fingerprint density at radius 1 is 1.09 bits per heavy atom. The molecule has 6 heteroatoms. The molecule has 3 rings (SSSR count). The number of nitrogens with zero attached hydrogens (tertiary/aromatic N) is 2. The number of rotatable bonds is 3. The SMILES string of the molecule is CS(=O)(=O)N1N=C(c2ccccc2F)C[C@H]1c1ccccc1. The molecule has 0 aliphatic carbocycles. The van der Waals surface area contributed by atoms with E-state index in [2.05, 4.69) is 5.10 Å². The zero-order valence-electron chi connectivity index (χ0n) is 12.0. The van der Waals surface area contributed by atoms with E-state index in [1.54, 1.807) is 18.2 Å². The lowest BCUT2D eigenvalue weighted by atomic mass is 9.99. The van der Waals surface area contributed by atoms with Crippen LogP contribution >= 0.6 is 0 Å². The number of benzene rings is 2. The van der Waals surface area contributed by atoms with Crippen LogP contribution in [0.3, 0.4) is 0 Å². The van der Waals surface area contributed by atoms with Crippen molar-refractivity contribution in [3.8, 4) is 0 Å². The fourth-order valence-electron chi connectivity index (χ4n) is 2.58. The van der Waals surface area contributed by atoms with Crippen molar-refractivity contribution in [3.63, 3.8) is 0 Å². The lowest BCUT2D eigenvalue weighted by Gasteiger charge is -2.21. The van der Waals surface area contributed by atoms with Gasteiger partial charge in [-0.05, 0) is 11.6 Å². The predicted molar refractivity (Wildman–Crippen MR) is 83.4 cm³/mol. The highest BCUT2D eigenvalue weighted by Gasteiger charge is 2.34. The molecule has 1 atom stereocenters. The molecule has 2 aromatic rings. The molecule has 0 amide bonds. The third kappa shape index (κ3) is 2.74. The summed E-state index contributed by atoms with van der Waals surface area (Å²) in [6.45, 7) is 0. The lowest BCUT2D eigenvalue weighted by Crippen LogP contribution is -2.25. The van der Waals surface area contributed by atoms with Crippen LogP contribution in [0, 0.1) is 5.82 Å². The molecule has 114 valence electrons. The third-order valence-corrected chi connectivity index (χ3v) is 4.60. The van der Waals surface area contributed by atoms with Gasteiger partial charge in [0.05, 0.1) is 18.0 Å². The Morgan fingerprint density at radius 3 is 2.36 bits per heavy atom. The van der Waals surface area contributed by atoms with E-state index in [-0.39, 0.29) is 0 Å². The van der Waals surface area contributed by atoms with Gasteiger partial charge in [-0.3, -0.25) is 0 Å². The van der Waals surface area contributed by atoms with Gasteiger partial charge in [-0.2, -0.15) is 9.52 Å². The predicted octanol–water partition coefficient (Wildman–Crippen LogP) is 2.94. The Bertz CT molecular complexity index is 819. The average molecular weight is 318 g/mol. The third-order valence-electron chi connectivity index (χ3n) is 3.58. The number of hydrogen-bond donors (Lipinski definition) is 0. The molecule has 0 saturated carbocycles. The Labute approximate surface area is 128 Å². The van der Waals surface area contributed by atoms with E-state index in [9.17, 15) is 12.8 Å². The highest BCUT2D eigenvalue weighted by atomic mass is 32.2. The van der Waals surface area contributed by atoms with E-state index >= 15 is 0 Å². The molecule has 1 aliphatic rings. The summed E-state index contributed by atoms with van der Waals surface area (Å²) in [5.74, 6) is -0.400. The number of hydrogen-bond acceptors (Lipinski definition) is 3. The molecule has 0 N–H and O–H groups in total. The van der Waals surface area contributed by atoms with Crippen LogP contribution in [0.2, 0.25) is 0 Å². The van der Waals surface area contributed by atoms with Crippen LogP contribution in [-0.2, 0) is 10.0 Å². The summed E-state index contributed by atoms with van der Waals surface area (Å²) >= 11 is 0. The fourth-order valence-corrected chi connectivity index (χ4v) is 3.48. The van der Waals surface area contributed by atoms with Crippen molar-refractivity contribution in [2.24, 2.45) is 5.10 Å². The molecular formula is C16H15FN2O2S. The van der Waals surface area contributed by atoms with Crippen LogP contribution in [0.1, 0.15) is 23.6 Å². The molecule has 0 spiro atoms. The molecule has 0 radical (unpaired) electrons. The Balaban J connectivity index is 2.04. The van der Waals surface area contributed by atoms with Crippen molar-refractivity contribution in [2.75, 3.05) is 6.26 Å². The molecule has 0 aromatic heterocycles. The standard InChI is InChI=1S/C16H15FN2O2S/c1-22(20,21)19-16(12-7-3-2-4-8-12)11-15(18-19)13-9-5-6-10-14(13)17/h2-10,16H,11H2,1H3/t16-/m0/s1.